The number of aliphatic carboxylic acids is 1. The van der Waals surface area contributed by atoms with E-state index >= 15 is 0 Å². The number of hydrogen-bond acceptors (Lipinski definition) is 2. The van der Waals surface area contributed by atoms with Crippen LogP contribution in [0.2, 0.25) is 0 Å². The number of rotatable bonds is 4. The van der Waals surface area contributed by atoms with E-state index in [2.05, 4.69) is 11.8 Å². The third-order valence-corrected chi connectivity index (χ3v) is 2.96. The smallest absolute Gasteiger partial charge is 0.307 e. The fourth-order valence-corrected chi connectivity index (χ4v) is 1.88. The van der Waals surface area contributed by atoms with E-state index in [0.717, 1.165) is 5.92 Å². The summed E-state index contributed by atoms with van der Waals surface area (Å²) in [6.45, 7) is 4.68. The van der Waals surface area contributed by atoms with E-state index in [0.29, 0.717) is 12.6 Å². The summed E-state index contributed by atoms with van der Waals surface area (Å²) in [6, 6.07) is 0.622. The molecule has 76 valence electrons. The minimum atomic E-state index is -0.695. The molecule has 0 spiro atoms. The van der Waals surface area contributed by atoms with Gasteiger partial charge in [0, 0.05) is 12.6 Å². The first kappa shape index (κ1) is 10.5. The molecule has 1 atom stereocenters. The van der Waals surface area contributed by atoms with Crippen molar-refractivity contribution in [1.29, 1.82) is 0 Å². The minimum absolute atomic E-state index is 0.249. The predicted octanol–water partition coefficient (Wildman–Crippen LogP) is 1.44. The van der Waals surface area contributed by atoms with E-state index in [1.54, 1.807) is 6.92 Å². The van der Waals surface area contributed by atoms with Crippen molar-refractivity contribution in [3.63, 3.8) is 0 Å². The highest BCUT2D eigenvalue weighted by molar-refractivity contribution is 5.69. The molecule has 1 unspecified atom stereocenters. The van der Waals surface area contributed by atoms with Crippen molar-refractivity contribution in [2.75, 3.05) is 13.6 Å². The van der Waals surface area contributed by atoms with Gasteiger partial charge in [-0.15, -0.1) is 0 Å². The highest BCUT2D eigenvalue weighted by Crippen LogP contribution is 2.30. The van der Waals surface area contributed by atoms with Crippen LogP contribution in [0.4, 0.5) is 0 Å². The Morgan fingerprint density at radius 1 is 1.62 bits per heavy atom. The summed E-state index contributed by atoms with van der Waals surface area (Å²) >= 11 is 0. The van der Waals surface area contributed by atoms with Crippen LogP contribution in [0.1, 0.15) is 26.7 Å². The first-order chi connectivity index (χ1) is 6.00. The van der Waals surface area contributed by atoms with E-state index in [1.165, 1.54) is 12.8 Å². The van der Waals surface area contributed by atoms with Gasteiger partial charge in [0.05, 0.1) is 5.92 Å². The Morgan fingerprint density at radius 3 is 2.54 bits per heavy atom. The molecule has 0 heterocycles. The van der Waals surface area contributed by atoms with Crippen molar-refractivity contribution in [1.82, 2.24) is 4.90 Å². The monoisotopic (exact) mass is 185 g/mol. The number of nitrogens with zero attached hydrogens (tertiary/aromatic N) is 1. The van der Waals surface area contributed by atoms with Crippen molar-refractivity contribution in [2.45, 2.75) is 32.7 Å². The van der Waals surface area contributed by atoms with E-state index in [1.807, 2.05) is 7.05 Å². The highest BCUT2D eigenvalue weighted by Gasteiger charge is 2.29. The first-order valence-electron chi connectivity index (χ1n) is 4.93. The first-order valence-corrected chi connectivity index (χ1v) is 4.93. The second-order valence-electron chi connectivity index (χ2n) is 4.41. The second kappa shape index (κ2) is 4.09. The van der Waals surface area contributed by atoms with Crippen LogP contribution in [0, 0.1) is 11.8 Å². The highest BCUT2D eigenvalue weighted by atomic mass is 16.4. The molecule has 1 rings (SSSR count). The number of carboxylic acid groups (broad SMARTS) is 1. The van der Waals surface area contributed by atoms with Gasteiger partial charge in [-0.3, -0.25) is 4.79 Å². The molecule has 1 fully saturated rings. The molecule has 0 aromatic rings. The van der Waals surface area contributed by atoms with Crippen LogP contribution in [-0.4, -0.2) is 35.6 Å². The minimum Gasteiger partial charge on any atom is -0.481 e. The fraction of sp³-hybridized carbons (Fsp3) is 0.900. The molecule has 0 aromatic carbocycles. The molecule has 0 saturated heterocycles. The number of carbonyl (C=O) groups is 1. The van der Waals surface area contributed by atoms with Gasteiger partial charge in [0.2, 0.25) is 0 Å². The Labute approximate surface area is 79.7 Å². The molecule has 0 aromatic heterocycles. The standard InChI is InChI=1S/C10H19NO2/c1-7-4-9(5-7)11(3)6-8(2)10(12)13/h7-9H,4-6H2,1-3H3,(H,12,13). The van der Waals surface area contributed by atoms with Crippen LogP contribution in [0.25, 0.3) is 0 Å². The van der Waals surface area contributed by atoms with Crippen LogP contribution >= 0.6 is 0 Å². The maximum atomic E-state index is 10.6. The normalized spacial score (nSPS) is 29.8. The molecule has 3 heteroatoms. The maximum Gasteiger partial charge on any atom is 0.307 e. The van der Waals surface area contributed by atoms with Crippen LogP contribution in [-0.2, 0) is 4.79 Å². The van der Waals surface area contributed by atoms with E-state index in [4.69, 9.17) is 5.11 Å². The maximum absolute atomic E-state index is 10.6. The molecule has 0 amide bonds. The van der Waals surface area contributed by atoms with Gasteiger partial charge in [0.1, 0.15) is 0 Å². The van der Waals surface area contributed by atoms with Gasteiger partial charge in [-0.25, -0.2) is 0 Å². The van der Waals surface area contributed by atoms with Gasteiger partial charge in [0.25, 0.3) is 0 Å². The summed E-state index contributed by atoms with van der Waals surface area (Å²) < 4.78 is 0. The summed E-state index contributed by atoms with van der Waals surface area (Å²) in [5.41, 5.74) is 0. The third-order valence-electron chi connectivity index (χ3n) is 2.96. The summed E-state index contributed by atoms with van der Waals surface area (Å²) in [5, 5.41) is 8.73. The Hall–Kier alpha value is -0.570. The van der Waals surface area contributed by atoms with Gasteiger partial charge < -0.3 is 10.0 Å². The zero-order valence-corrected chi connectivity index (χ0v) is 8.66. The molecule has 1 saturated carbocycles. The lowest BCUT2D eigenvalue weighted by atomic mass is 9.81. The largest absolute Gasteiger partial charge is 0.481 e. The Bertz CT molecular complexity index is 187. The summed E-state index contributed by atoms with van der Waals surface area (Å²) in [6.07, 6.45) is 2.45. The molecule has 1 N–H and O–H groups in total. The topological polar surface area (TPSA) is 40.5 Å². The van der Waals surface area contributed by atoms with Crippen LogP contribution in [0.15, 0.2) is 0 Å². The third kappa shape index (κ3) is 2.69. The summed E-state index contributed by atoms with van der Waals surface area (Å²) in [4.78, 5) is 12.8. The van der Waals surface area contributed by atoms with Crippen molar-refractivity contribution < 1.29 is 9.90 Å². The van der Waals surface area contributed by atoms with Gasteiger partial charge in [-0.05, 0) is 25.8 Å². The van der Waals surface area contributed by atoms with Gasteiger partial charge in [-0.2, -0.15) is 0 Å². The lowest BCUT2D eigenvalue weighted by Gasteiger charge is -2.40. The van der Waals surface area contributed by atoms with Crippen molar-refractivity contribution >= 4 is 5.97 Å². The molecule has 0 bridgehead atoms. The van der Waals surface area contributed by atoms with Crippen molar-refractivity contribution in [2.24, 2.45) is 11.8 Å². The van der Waals surface area contributed by atoms with Crippen molar-refractivity contribution in [3.05, 3.63) is 0 Å². The number of hydrogen-bond donors (Lipinski definition) is 1. The molecule has 13 heavy (non-hydrogen) atoms. The molecular formula is C10H19NO2. The molecule has 3 nitrogen and oxygen atoms in total. The molecule has 0 radical (unpaired) electrons. The van der Waals surface area contributed by atoms with Gasteiger partial charge in [0.15, 0.2) is 0 Å². The quantitative estimate of drug-likeness (QED) is 0.720. The molecule has 1 aliphatic carbocycles. The molecule has 0 aliphatic heterocycles. The Kier molecular flexibility index (Phi) is 3.31. The van der Waals surface area contributed by atoms with Crippen LogP contribution in [0.3, 0.4) is 0 Å². The molecule has 1 aliphatic rings. The van der Waals surface area contributed by atoms with E-state index in [-0.39, 0.29) is 5.92 Å². The summed E-state index contributed by atoms with van der Waals surface area (Å²) in [7, 11) is 2.02. The van der Waals surface area contributed by atoms with Crippen molar-refractivity contribution in [3.8, 4) is 0 Å². The number of carboxylic acids is 1. The predicted molar refractivity (Wildman–Crippen MR) is 51.6 cm³/mol. The lowest BCUT2D eigenvalue weighted by molar-refractivity contribution is -0.142. The Balaban J connectivity index is 2.25. The SMILES string of the molecule is CC1CC(N(C)CC(C)C(=O)O)C1. The summed E-state index contributed by atoms with van der Waals surface area (Å²) in [5.74, 6) is -0.118. The van der Waals surface area contributed by atoms with Gasteiger partial charge >= 0.3 is 5.97 Å². The lowest BCUT2D eigenvalue weighted by Crippen LogP contribution is -2.44. The zero-order valence-electron chi connectivity index (χ0n) is 8.66. The second-order valence-corrected chi connectivity index (χ2v) is 4.41. The average Bonchev–Trinajstić information content (AvgIpc) is 1.98. The van der Waals surface area contributed by atoms with E-state index in [9.17, 15) is 4.79 Å². The van der Waals surface area contributed by atoms with Crippen LogP contribution < -0.4 is 0 Å². The van der Waals surface area contributed by atoms with Gasteiger partial charge in [-0.1, -0.05) is 13.8 Å². The molecular weight excluding hydrogens is 166 g/mol. The average molecular weight is 185 g/mol. The van der Waals surface area contributed by atoms with E-state index < -0.39 is 5.97 Å². The zero-order chi connectivity index (χ0) is 10.0. The van der Waals surface area contributed by atoms with Crippen LogP contribution in [0.5, 0.6) is 0 Å². The Morgan fingerprint density at radius 2 is 2.15 bits per heavy atom. The fourth-order valence-electron chi connectivity index (χ4n) is 1.88.